The number of hydrogen-bond acceptors (Lipinski definition) is 5. The van der Waals surface area contributed by atoms with Crippen molar-refractivity contribution in [3.05, 3.63) is 71.3 Å². The largest absolute Gasteiger partial charge is 0.497 e. The summed E-state index contributed by atoms with van der Waals surface area (Å²) < 4.78 is 10.0. The van der Waals surface area contributed by atoms with Crippen molar-refractivity contribution in [2.45, 2.75) is 6.61 Å². The molecule has 0 radical (unpaired) electrons. The predicted molar refractivity (Wildman–Crippen MR) is 92.2 cm³/mol. The predicted octanol–water partition coefficient (Wildman–Crippen LogP) is 2.97. The van der Waals surface area contributed by atoms with E-state index in [0.717, 1.165) is 16.9 Å². The quantitative estimate of drug-likeness (QED) is 0.350. The molecule has 0 aromatic heterocycles. The maximum atomic E-state index is 11.9. The van der Waals surface area contributed by atoms with Crippen molar-refractivity contribution in [3.63, 3.8) is 0 Å². The van der Waals surface area contributed by atoms with Gasteiger partial charge in [0.25, 0.3) is 0 Å². The van der Waals surface area contributed by atoms with Crippen LogP contribution in [0.1, 0.15) is 11.1 Å². The average Bonchev–Trinajstić information content (AvgIpc) is 2.64. The van der Waals surface area contributed by atoms with Gasteiger partial charge in [-0.2, -0.15) is 5.48 Å². The molecule has 0 aliphatic carbocycles. The maximum absolute atomic E-state index is 11.9. The summed E-state index contributed by atoms with van der Waals surface area (Å²) in [7, 11) is 2.95. The first kappa shape index (κ1) is 17.7. The number of hydroxylamine groups is 1. The van der Waals surface area contributed by atoms with E-state index in [1.54, 1.807) is 13.2 Å². The molecule has 0 atom stereocenters. The average molecular weight is 327 g/mol. The van der Waals surface area contributed by atoms with Gasteiger partial charge < -0.3 is 9.47 Å². The summed E-state index contributed by atoms with van der Waals surface area (Å²) in [6, 6.07) is 17.2. The Bertz CT molecular complexity index is 683. The Hall–Kier alpha value is -2.63. The molecule has 0 spiro atoms. The van der Waals surface area contributed by atoms with Crippen LogP contribution >= 0.6 is 0 Å². The molecule has 0 fully saturated rings. The third-order valence-corrected chi connectivity index (χ3v) is 3.33. The van der Waals surface area contributed by atoms with Crippen LogP contribution in [0, 0.1) is 0 Å². The van der Waals surface area contributed by atoms with Crippen LogP contribution < -0.4 is 10.2 Å². The van der Waals surface area contributed by atoms with Gasteiger partial charge in [0, 0.05) is 0 Å². The molecule has 0 unspecified atom stereocenters. The highest BCUT2D eigenvalue weighted by atomic mass is 16.6. The number of methoxy groups -OCH3 is 2. The summed E-state index contributed by atoms with van der Waals surface area (Å²) in [5.74, 6) is 0.315. The van der Waals surface area contributed by atoms with Crippen molar-refractivity contribution >= 4 is 12.0 Å². The molecule has 1 N–H and O–H groups in total. The van der Waals surface area contributed by atoms with Gasteiger partial charge in [-0.05, 0) is 29.3 Å². The number of nitrogens with one attached hydrogen (secondary N) is 1. The zero-order valence-corrected chi connectivity index (χ0v) is 13.8. The Morgan fingerprint density at radius 1 is 1.08 bits per heavy atom. The number of esters is 1. The van der Waals surface area contributed by atoms with Crippen molar-refractivity contribution in [1.29, 1.82) is 0 Å². The molecule has 0 amide bonds. The highest BCUT2D eigenvalue weighted by Gasteiger charge is 2.10. The smallest absolute Gasteiger partial charge is 0.335 e. The number of ether oxygens (including phenoxy) is 2. The van der Waals surface area contributed by atoms with Crippen LogP contribution in [0.5, 0.6) is 5.75 Å². The molecule has 126 valence electrons. The lowest BCUT2D eigenvalue weighted by molar-refractivity contribution is -0.136. The molecule has 5 heteroatoms. The number of rotatable bonds is 8. The first-order valence-electron chi connectivity index (χ1n) is 7.54. The van der Waals surface area contributed by atoms with Crippen LogP contribution in [0.2, 0.25) is 0 Å². The van der Waals surface area contributed by atoms with Crippen molar-refractivity contribution < 1.29 is 19.1 Å². The van der Waals surface area contributed by atoms with E-state index in [1.807, 2.05) is 54.6 Å². The van der Waals surface area contributed by atoms with E-state index in [0.29, 0.717) is 12.2 Å². The fourth-order valence-corrected chi connectivity index (χ4v) is 2.08. The summed E-state index contributed by atoms with van der Waals surface area (Å²) in [6.45, 7) is 0.644. The van der Waals surface area contributed by atoms with Crippen LogP contribution in [0.15, 0.2) is 60.2 Å². The summed E-state index contributed by atoms with van der Waals surface area (Å²) in [5.41, 5.74) is 5.14. The number of carbonyl (C=O) groups excluding carboxylic acids is 1. The second kappa shape index (κ2) is 9.50. The number of benzene rings is 2. The van der Waals surface area contributed by atoms with Gasteiger partial charge in [-0.1, -0.05) is 42.5 Å². The van der Waals surface area contributed by atoms with Crippen LogP contribution in [0.25, 0.3) is 6.08 Å². The minimum absolute atomic E-state index is 0.233. The number of carbonyl (C=O) groups is 1. The van der Waals surface area contributed by atoms with Gasteiger partial charge in [0.1, 0.15) is 5.75 Å². The molecule has 2 aromatic carbocycles. The van der Waals surface area contributed by atoms with Gasteiger partial charge >= 0.3 is 5.97 Å². The standard InChI is InChI=1S/C19H21NO4/c1-22-18-10-6-9-16(12-18)11-17(19(21)23-2)13-20-24-14-15-7-4-3-5-8-15/h3-12,20H,13-14H2,1-2H3/b17-11+. The number of hydrogen-bond donors (Lipinski definition) is 1. The van der Waals surface area contributed by atoms with Gasteiger partial charge in [0.15, 0.2) is 0 Å². The van der Waals surface area contributed by atoms with E-state index < -0.39 is 5.97 Å². The minimum atomic E-state index is -0.409. The van der Waals surface area contributed by atoms with E-state index in [-0.39, 0.29) is 6.54 Å². The molecule has 2 rings (SSSR count). The summed E-state index contributed by atoms with van der Waals surface area (Å²) in [6.07, 6.45) is 1.74. The van der Waals surface area contributed by atoms with Gasteiger partial charge in [0.05, 0.1) is 32.9 Å². The van der Waals surface area contributed by atoms with Gasteiger partial charge in [0.2, 0.25) is 0 Å². The topological polar surface area (TPSA) is 56.8 Å². The third-order valence-electron chi connectivity index (χ3n) is 3.33. The van der Waals surface area contributed by atoms with Crippen molar-refractivity contribution in [2.75, 3.05) is 20.8 Å². The lowest BCUT2D eigenvalue weighted by atomic mass is 10.1. The van der Waals surface area contributed by atoms with Crippen molar-refractivity contribution in [2.24, 2.45) is 0 Å². The van der Waals surface area contributed by atoms with Gasteiger partial charge in [-0.25, -0.2) is 4.79 Å². The fraction of sp³-hybridized carbons (Fsp3) is 0.211. The Balaban J connectivity index is 1.97. The lowest BCUT2D eigenvalue weighted by Gasteiger charge is -2.09. The van der Waals surface area contributed by atoms with Crippen LogP contribution in [0.3, 0.4) is 0 Å². The Kier molecular flexibility index (Phi) is 7.01. The van der Waals surface area contributed by atoms with Gasteiger partial charge in [-0.3, -0.25) is 4.84 Å². The van der Waals surface area contributed by atoms with Crippen LogP contribution in [-0.4, -0.2) is 26.7 Å². The molecular weight excluding hydrogens is 306 g/mol. The van der Waals surface area contributed by atoms with E-state index in [9.17, 15) is 4.79 Å². The molecule has 24 heavy (non-hydrogen) atoms. The van der Waals surface area contributed by atoms with Crippen molar-refractivity contribution in [3.8, 4) is 5.75 Å². The first-order valence-corrected chi connectivity index (χ1v) is 7.54. The fourth-order valence-electron chi connectivity index (χ4n) is 2.08. The summed E-state index contributed by atoms with van der Waals surface area (Å²) >= 11 is 0. The minimum Gasteiger partial charge on any atom is -0.497 e. The molecule has 5 nitrogen and oxygen atoms in total. The lowest BCUT2D eigenvalue weighted by Crippen LogP contribution is -2.22. The van der Waals surface area contributed by atoms with Gasteiger partial charge in [-0.15, -0.1) is 0 Å². The second-order valence-corrected chi connectivity index (χ2v) is 5.03. The van der Waals surface area contributed by atoms with E-state index in [1.165, 1.54) is 7.11 Å². The van der Waals surface area contributed by atoms with E-state index in [2.05, 4.69) is 5.48 Å². The maximum Gasteiger partial charge on any atom is 0.335 e. The third kappa shape index (κ3) is 5.53. The first-order chi connectivity index (χ1) is 11.7. The molecular formula is C19H21NO4. The Morgan fingerprint density at radius 2 is 1.88 bits per heavy atom. The molecule has 0 aliphatic heterocycles. The highest BCUT2D eigenvalue weighted by molar-refractivity contribution is 5.94. The molecule has 0 bridgehead atoms. The molecule has 0 heterocycles. The molecule has 0 aliphatic rings. The summed E-state index contributed by atoms with van der Waals surface area (Å²) in [4.78, 5) is 17.3. The second-order valence-electron chi connectivity index (χ2n) is 5.03. The van der Waals surface area contributed by atoms with Crippen LogP contribution in [0.4, 0.5) is 0 Å². The SMILES string of the molecule is COC(=O)/C(=C/c1cccc(OC)c1)CNOCc1ccccc1. The highest BCUT2D eigenvalue weighted by Crippen LogP contribution is 2.15. The normalized spacial score (nSPS) is 11.2. The molecule has 2 aromatic rings. The van der Waals surface area contributed by atoms with E-state index >= 15 is 0 Å². The molecule has 0 saturated carbocycles. The monoisotopic (exact) mass is 327 g/mol. The summed E-state index contributed by atoms with van der Waals surface area (Å²) in [5, 5.41) is 0. The van der Waals surface area contributed by atoms with E-state index in [4.69, 9.17) is 14.3 Å². The molecule has 0 saturated heterocycles. The zero-order valence-electron chi connectivity index (χ0n) is 13.8. The zero-order chi connectivity index (χ0) is 17.2. The Morgan fingerprint density at radius 3 is 2.58 bits per heavy atom. The Labute approximate surface area is 141 Å². The van der Waals surface area contributed by atoms with Crippen molar-refractivity contribution in [1.82, 2.24) is 5.48 Å². The van der Waals surface area contributed by atoms with Crippen LogP contribution in [-0.2, 0) is 21.0 Å².